The fraction of sp³-hybridized carbons (Fsp3) is 0.192. The number of aromatic nitrogens is 6. The normalized spacial score (nSPS) is 11.6. The lowest BCUT2D eigenvalue weighted by Crippen LogP contribution is -2.28. The van der Waals surface area contributed by atoms with Crippen molar-refractivity contribution in [3.8, 4) is 17.0 Å². The molecular weight excluding hydrogens is 515 g/mol. The quantitative estimate of drug-likeness (QED) is 0.313. The van der Waals surface area contributed by atoms with Crippen molar-refractivity contribution in [1.29, 1.82) is 0 Å². The van der Waals surface area contributed by atoms with E-state index in [4.69, 9.17) is 4.74 Å². The van der Waals surface area contributed by atoms with Gasteiger partial charge in [0, 0.05) is 12.1 Å². The van der Waals surface area contributed by atoms with Crippen molar-refractivity contribution in [2.45, 2.75) is 19.3 Å². The molecule has 5 aromatic rings. The van der Waals surface area contributed by atoms with E-state index in [9.17, 15) is 22.8 Å². The van der Waals surface area contributed by atoms with Crippen LogP contribution in [0.3, 0.4) is 0 Å². The summed E-state index contributed by atoms with van der Waals surface area (Å²) in [5.74, 6) is 0.300. The second-order valence-electron chi connectivity index (χ2n) is 8.64. The highest BCUT2D eigenvalue weighted by molar-refractivity contribution is 5.93. The first-order valence-electron chi connectivity index (χ1n) is 11.8. The van der Waals surface area contributed by atoms with Gasteiger partial charge in [0.1, 0.15) is 23.2 Å². The van der Waals surface area contributed by atoms with E-state index in [0.717, 1.165) is 17.7 Å². The van der Waals surface area contributed by atoms with E-state index in [2.05, 4.69) is 25.6 Å². The van der Waals surface area contributed by atoms with Crippen LogP contribution in [0.25, 0.3) is 22.3 Å². The zero-order valence-corrected chi connectivity index (χ0v) is 20.6. The maximum absolute atomic E-state index is 13.0. The molecule has 0 fully saturated rings. The number of nitrogens with zero attached hydrogens (tertiary/aromatic N) is 5. The molecule has 3 heterocycles. The number of alkyl halides is 3. The van der Waals surface area contributed by atoms with E-state index < -0.39 is 17.3 Å². The fourth-order valence-electron chi connectivity index (χ4n) is 4.06. The Kier molecular flexibility index (Phi) is 6.88. The molecule has 0 saturated carbocycles. The van der Waals surface area contributed by atoms with Crippen molar-refractivity contribution in [3.63, 3.8) is 0 Å². The molecule has 10 nitrogen and oxygen atoms in total. The van der Waals surface area contributed by atoms with Crippen LogP contribution in [0.1, 0.15) is 21.6 Å². The van der Waals surface area contributed by atoms with Crippen LogP contribution in [0.2, 0.25) is 0 Å². The van der Waals surface area contributed by atoms with E-state index >= 15 is 0 Å². The van der Waals surface area contributed by atoms with Crippen molar-refractivity contribution < 1.29 is 22.7 Å². The van der Waals surface area contributed by atoms with Crippen LogP contribution < -0.4 is 15.6 Å². The highest BCUT2D eigenvalue weighted by Crippen LogP contribution is 2.29. The summed E-state index contributed by atoms with van der Waals surface area (Å²) in [4.78, 5) is 29.8. The van der Waals surface area contributed by atoms with Gasteiger partial charge < -0.3 is 10.1 Å². The largest absolute Gasteiger partial charge is 0.497 e. The monoisotopic (exact) mass is 537 g/mol. The van der Waals surface area contributed by atoms with Gasteiger partial charge in [-0.05, 0) is 35.9 Å². The standard InChI is InChI=1S/C26H22F3N7O3/c1-39-19-7-3-5-17(11-19)21-12-22(34-33-21)24(37)30-8-9-36-23-20(13-32-36)25(38)35(15-31-23)14-16-4-2-6-18(10-16)26(27,28)29/h2-7,10-13,15H,8-9,14H2,1H3,(H,30,37)(H,33,34). The number of methoxy groups -OCH3 is 1. The van der Waals surface area contributed by atoms with Crippen LogP contribution in [0.4, 0.5) is 13.2 Å². The zero-order valence-electron chi connectivity index (χ0n) is 20.6. The minimum Gasteiger partial charge on any atom is -0.497 e. The minimum atomic E-state index is -4.48. The molecule has 3 aromatic heterocycles. The topological polar surface area (TPSA) is 120 Å². The number of aromatic amines is 1. The summed E-state index contributed by atoms with van der Waals surface area (Å²) in [7, 11) is 1.57. The molecular formula is C26H22F3N7O3. The number of halogens is 3. The molecule has 2 N–H and O–H groups in total. The Bertz CT molecular complexity index is 1710. The van der Waals surface area contributed by atoms with Crippen LogP contribution in [0.15, 0.2) is 71.9 Å². The molecule has 0 saturated heterocycles. The lowest BCUT2D eigenvalue weighted by atomic mass is 10.1. The zero-order chi connectivity index (χ0) is 27.6. The average Bonchev–Trinajstić information content (AvgIpc) is 3.58. The number of carbonyl (C=O) groups is 1. The Labute approximate surface area is 219 Å². The second-order valence-corrected chi connectivity index (χ2v) is 8.64. The number of hydrogen-bond donors (Lipinski definition) is 2. The van der Waals surface area contributed by atoms with E-state index in [-0.39, 0.29) is 36.6 Å². The Morgan fingerprint density at radius 1 is 1.13 bits per heavy atom. The third kappa shape index (κ3) is 5.51. The third-order valence-corrected chi connectivity index (χ3v) is 6.03. The molecule has 0 aliphatic heterocycles. The highest BCUT2D eigenvalue weighted by atomic mass is 19.4. The summed E-state index contributed by atoms with van der Waals surface area (Å²) in [6.07, 6.45) is -1.85. The molecule has 0 atom stereocenters. The average molecular weight is 538 g/mol. The Hall–Kier alpha value is -4.94. The molecule has 0 bridgehead atoms. The van der Waals surface area contributed by atoms with Gasteiger partial charge in [-0.25, -0.2) is 9.67 Å². The summed E-state index contributed by atoms with van der Waals surface area (Å²) in [5.41, 5.74) is 1.04. The molecule has 0 spiro atoms. The van der Waals surface area contributed by atoms with Crippen LogP contribution in [0, 0.1) is 0 Å². The number of carbonyl (C=O) groups excluding carboxylic acids is 1. The van der Waals surface area contributed by atoms with Crippen molar-refractivity contribution >= 4 is 16.9 Å². The smallest absolute Gasteiger partial charge is 0.416 e. The summed E-state index contributed by atoms with van der Waals surface area (Å²) in [5, 5.41) is 14.1. The minimum absolute atomic E-state index is 0.0745. The van der Waals surface area contributed by atoms with E-state index in [1.807, 2.05) is 18.2 Å². The molecule has 39 heavy (non-hydrogen) atoms. The summed E-state index contributed by atoms with van der Waals surface area (Å²) in [6.45, 7) is 0.350. The van der Waals surface area contributed by atoms with Gasteiger partial charge >= 0.3 is 6.18 Å². The van der Waals surface area contributed by atoms with E-state index in [1.54, 1.807) is 19.2 Å². The Morgan fingerprint density at radius 3 is 2.74 bits per heavy atom. The van der Waals surface area contributed by atoms with E-state index in [0.29, 0.717) is 22.7 Å². The third-order valence-electron chi connectivity index (χ3n) is 6.03. The lowest BCUT2D eigenvalue weighted by Gasteiger charge is -2.10. The number of ether oxygens (including phenoxy) is 1. The fourth-order valence-corrected chi connectivity index (χ4v) is 4.06. The van der Waals surface area contributed by atoms with Gasteiger partial charge in [-0.1, -0.05) is 24.3 Å². The first-order valence-corrected chi connectivity index (χ1v) is 11.8. The number of nitrogens with one attached hydrogen (secondary N) is 2. The van der Waals surface area contributed by atoms with E-state index in [1.165, 1.54) is 33.9 Å². The summed E-state index contributed by atoms with van der Waals surface area (Å²) < 4.78 is 47.0. The maximum Gasteiger partial charge on any atom is 0.416 e. The predicted octanol–water partition coefficient (Wildman–Crippen LogP) is 3.49. The molecule has 1 amide bonds. The van der Waals surface area contributed by atoms with Gasteiger partial charge in [-0.3, -0.25) is 19.3 Å². The number of fused-ring (bicyclic) bond motifs is 1. The first-order chi connectivity index (χ1) is 18.7. The van der Waals surface area contributed by atoms with Crippen LogP contribution in [-0.2, 0) is 19.3 Å². The number of benzene rings is 2. The maximum atomic E-state index is 13.0. The number of hydrogen-bond acceptors (Lipinski definition) is 6. The lowest BCUT2D eigenvalue weighted by molar-refractivity contribution is -0.137. The van der Waals surface area contributed by atoms with Crippen molar-refractivity contribution in [3.05, 3.63) is 94.3 Å². The van der Waals surface area contributed by atoms with Gasteiger partial charge in [0.25, 0.3) is 11.5 Å². The molecule has 200 valence electrons. The number of amides is 1. The highest BCUT2D eigenvalue weighted by Gasteiger charge is 2.30. The second kappa shape index (κ2) is 10.4. The Balaban J connectivity index is 1.24. The molecule has 0 aliphatic carbocycles. The molecule has 0 aliphatic rings. The van der Waals surface area contributed by atoms with Crippen molar-refractivity contribution in [1.82, 2.24) is 34.8 Å². The van der Waals surface area contributed by atoms with Gasteiger partial charge in [0.05, 0.1) is 37.7 Å². The van der Waals surface area contributed by atoms with Crippen molar-refractivity contribution in [2.24, 2.45) is 0 Å². The van der Waals surface area contributed by atoms with Crippen LogP contribution in [0.5, 0.6) is 5.75 Å². The van der Waals surface area contributed by atoms with Gasteiger partial charge in [-0.15, -0.1) is 0 Å². The summed E-state index contributed by atoms with van der Waals surface area (Å²) in [6, 6.07) is 13.7. The van der Waals surface area contributed by atoms with Gasteiger partial charge in [0.2, 0.25) is 0 Å². The molecule has 0 unspecified atom stereocenters. The van der Waals surface area contributed by atoms with Crippen LogP contribution in [-0.4, -0.2) is 49.1 Å². The SMILES string of the molecule is COc1cccc(-c2cc(C(=O)NCCn3ncc4c(=O)n(Cc5cccc(C(F)(F)F)c5)cnc43)[nH]n2)c1. The molecule has 5 rings (SSSR count). The Morgan fingerprint density at radius 2 is 1.95 bits per heavy atom. The van der Waals surface area contributed by atoms with Crippen LogP contribution >= 0.6 is 0 Å². The number of H-pyrrole nitrogens is 1. The number of rotatable bonds is 8. The molecule has 13 heteroatoms. The predicted molar refractivity (Wildman–Crippen MR) is 135 cm³/mol. The van der Waals surface area contributed by atoms with Gasteiger partial charge in [-0.2, -0.15) is 23.4 Å². The molecule has 0 radical (unpaired) electrons. The summed E-state index contributed by atoms with van der Waals surface area (Å²) >= 11 is 0. The first kappa shape index (κ1) is 25.7. The van der Waals surface area contributed by atoms with Crippen molar-refractivity contribution in [2.75, 3.05) is 13.7 Å². The molecule has 2 aromatic carbocycles. The van der Waals surface area contributed by atoms with Gasteiger partial charge in [0.15, 0.2) is 5.65 Å².